The number of nitrogens with zero attached hydrogens (tertiary/aromatic N) is 1. The number of ether oxygens (including phenoxy) is 1. The van der Waals surface area contributed by atoms with Gasteiger partial charge in [0.2, 0.25) is 11.8 Å². The van der Waals surface area contributed by atoms with E-state index >= 15 is 0 Å². The second-order valence-electron chi connectivity index (χ2n) is 10.9. The third-order valence-corrected chi connectivity index (χ3v) is 10.2. The van der Waals surface area contributed by atoms with Crippen LogP contribution in [0.2, 0.25) is 0 Å². The Bertz CT molecular complexity index is 1470. The summed E-state index contributed by atoms with van der Waals surface area (Å²) in [6.45, 7) is 4.97. The van der Waals surface area contributed by atoms with Crippen molar-refractivity contribution in [3.05, 3.63) is 29.8 Å². The van der Waals surface area contributed by atoms with Gasteiger partial charge < -0.3 is 10.1 Å². The number of H-pyrrole nitrogens is 1. The van der Waals surface area contributed by atoms with Gasteiger partial charge in [-0.2, -0.15) is 5.10 Å². The molecule has 2 amide bonds. The van der Waals surface area contributed by atoms with Gasteiger partial charge in [0, 0.05) is 12.6 Å². The minimum Gasteiger partial charge on any atom is -0.465 e. The summed E-state index contributed by atoms with van der Waals surface area (Å²) in [5, 5.41) is 8.78. The van der Waals surface area contributed by atoms with E-state index in [1.165, 1.54) is 70.2 Å². The van der Waals surface area contributed by atoms with Crippen LogP contribution in [-0.2, 0) is 34.2 Å². The number of benzene rings is 1. The highest BCUT2D eigenvalue weighted by Gasteiger charge is 2.27. The van der Waals surface area contributed by atoms with Crippen LogP contribution in [0.25, 0.3) is 0 Å². The summed E-state index contributed by atoms with van der Waals surface area (Å²) in [6, 6.07) is 5.29. The first-order chi connectivity index (χ1) is 21.3. The van der Waals surface area contributed by atoms with Crippen molar-refractivity contribution < 1.29 is 36.0 Å². The molecule has 45 heavy (non-hydrogen) atoms. The van der Waals surface area contributed by atoms with Crippen molar-refractivity contribution in [2.75, 3.05) is 34.1 Å². The lowest BCUT2D eigenvalue weighted by atomic mass is 10.1. The SMILES string of the molecule is CCCCCCCCCCCCS(=O)(=O)CC(C)C(=O)NNc1[nH]nc(NS(=O)(=O)c2ccc(NC(C)=O)cc2)c1C(=O)OC. The van der Waals surface area contributed by atoms with E-state index in [2.05, 4.69) is 38.0 Å². The summed E-state index contributed by atoms with van der Waals surface area (Å²) < 4.78 is 58.0. The molecule has 5 N–H and O–H groups in total. The van der Waals surface area contributed by atoms with Gasteiger partial charge in [0.05, 0.1) is 29.4 Å². The summed E-state index contributed by atoms with van der Waals surface area (Å²) >= 11 is 0. The molecule has 1 unspecified atom stereocenters. The van der Waals surface area contributed by atoms with E-state index in [4.69, 9.17) is 4.74 Å². The molecule has 0 spiro atoms. The van der Waals surface area contributed by atoms with E-state index in [9.17, 15) is 31.2 Å². The van der Waals surface area contributed by atoms with Crippen molar-refractivity contribution in [2.24, 2.45) is 5.92 Å². The first kappa shape index (κ1) is 37.5. The minimum atomic E-state index is -4.23. The van der Waals surface area contributed by atoms with Gasteiger partial charge in [0.25, 0.3) is 10.0 Å². The summed E-state index contributed by atoms with van der Waals surface area (Å²) in [7, 11) is -6.62. The first-order valence-electron chi connectivity index (χ1n) is 15.1. The quantitative estimate of drug-likeness (QED) is 0.0720. The van der Waals surface area contributed by atoms with E-state index in [1.807, 2.05) is 0 Å². The highest BCUT2D eigenvalue weighted by Crippen LogP contribution is 2.25. The van der Waals surface area contributed by atoms with Gasteiger partial charge in [-0.05, 0) is 30.7 Å². The third kappa shape index (κ3) is 13.1. The lowest BCUT2D eigenvalue weighted by molar-refractivity contribution is -0.123. The second-order valence-corrected chi connectivity index (χ2v) is 14.8. The maximum absolute atomic E-state index is 12.9. The standard InChI is InChI=1S/C29H46N6O8S2/c1-5-6-7-8-9-10-11-12-13-14-19-44(39,40)20-21(2)28(37)34-32-26-25(29(38)43-4)27(33-31-26)35-45(41,42)24-17-15-23(16-18-24)30-22(3)36/h15-18,21H,5-14,19-20H2,1-4H3,(H,30,36)(H,34,37)(H3,31,32,33,35). The molecule has 0 bridgehead atoms. The Morgan fingerprint density at radius 3 is 2.04 bits per heavy atom. The minimum absolute atomic E-state index is 0.00105. The van der Waals surface area contributed by atoms with Crippen LogP contribution in [0.4, 0.5) is 17.3 Å². The molecule has 0 aliphatic carbocycles. The number of hydrogen-bond donors (Lipinski definition) is 5. The Kier molecular flexibility index (Phi) is 15.3. The molecule has 0 aliphatic heterocycles. The van der Waals surface area contributed by atoms with Gasteiger partial charge in [0.1, 0.15) is 5.56 Å². The third-order valence-electron chi connectivity index (χ3n) is 6.94. The molecule has 0 fully saturated rings. The van der Waals surface area contributed by atoms with Crippen LogP contribution in [-0.4, -0.2) is 63.4 Å². The fourth-order valence-electron chi connectivity index (χ4n) is 4.51. The maximum atomic E-state index is 12.9. The van der Waals surface area contributed by atoms with Crippen LogP contribution >= 0.6 is 0 Å². The van der Waals surface area contributed by atoms with E-state index in [0.29, 0.717) is 12.1 Å². The largest absolute Gasteiger partial charge is 0.465 e. The number of methoxy groups -OCH3 is 1. The van der Waals surface area contributed by atoms with E-state index in [1.54, 1.807) is 0 Å². The number of carbonyl (C=O) groups is 3. The van der Waals surface area contributed by atoms with E-state index < -0.39 is 43.5 Å². The Hall–Kier alpha value is -3.66. The number of unbranched alkanes of at least 4 members (excludes halogenated alkanes) is 9. The van der Waals surface area contributed by atoms with Crippen molar-refractivity contribution in [2.45, 2.75) is 89.9 Å². The number of hydrogen-bond acceptors (Lipinski definition) is 10. The normalized spacial score (nSPS) is 12.3. The maximum Gasteiger partial charge on any atom is 0.345 e. The van der Waals surface area contributed by atoms with Gasteiger partial charge in [0.15, 0.2) is 21.5 Å². The molecule has 1 atom stereocenters. The number of anilines is 3. The number of sulfone groups is 1. The highest BCUT2D eigenvalue weighted by atomic mass is 32.2. The molecule has 0 saturated heterocycles. The van der Waals surface area contributed by atoms with Crippen molar-refractivity contribution in [1.29, 1.82) is 0 Å². The van der Waals surface area contributed by atoms with Crippen molar-refractivity contribution in [3.8, 4) is 0 Å². The molecule has 2 rings (SSSR count). The molecule has 2 aromatic rings. The summed E-state index contributed by atoms with van der Waals surface area (Å²) in [6.07, 6.45) is 10.8. The number of aromatic nitrogens is 2. The lowest BCUT2D eigenvalue weighted by Gasteiger charge is -2.14. The Balaban J connectivity index is 1.92. The summed E-state index contributed by atoms with van der Waals surface area (Å²) in [4.78, 5) is 36.2. The van der Waals surface area contributed by atoms with Gasteiger partial charge >= 0.3 is 5.97 Å². The smallest absolute Gasteiger partial charge is 0.345 e. The zero-order valence-electron chi connectivity index (χ0n) is 26.4. The average Bonchev–Trinajstić information content (AvgIpc) is 3.37. The summed E-state index contributed by atoms with van der Waals surface area (Å²) in [5.74, 6) is -3.80. The number of amides is 2. The zero-order chi connectivity index (χ0) is 33.5. The fourth-order valence-corrected chi connectivity index (χ4v) is 7.25. The van der Waals surface area contributed by atoms with Crippen molar-refractivity contribution in [3.63, 3.8) is 0 Å². The average molecular weight is 671 g/mol. The monoisotopic (exact) mass is 670 g/mol. The van der Waals surface area contributed by atoms with Gasteiger partial charge in [-0.3, -0.25) is 30.3 Å². The van der Waals surface area contributed by atoms with Crippen LogP contribution in [0, 0.1) is 5.92 Å². The Morgan fingerprint density at radius 2 is 1.49 bits per heavy atom. The highest BCUT2D eigenvalue weighted by molar-refractivity contribution is 7.92. The summed E-state index contributed by atoms with van der Waals surface area (Å²) in [5.41, 5.74) is 4.84. The fraction of sp³-hybridized carbons (Fsp3) is 0.586. The molecule has 16 heteroatoms. The van der Waals surface area contributed by atoms with Gasteiger partial charge in [-0.25, -0.2) is 21.6 Å². The number of esters is 1. The van der Waals surface area contributed by atoms with Crippen molar-refractivity contribution in [1.82, 2.24) is 15.6 Å². The molecule has 0 aliphatic rings. The zero-order valence-corrected chi connectivity index (χ0v) is 28.0. The van der Waals surface area contributed by atoms with Gasteiger partial charge in [-0.1, -0.05) is 71.6 Å². The topological polar surface area (TPSA) is 206 Å². The molecule has 1 aromatic carbocycles. The second kappa shape index (κ2) is 18.3. The molecular formula is C29H46N6O8S2. The predicted molar refractivity (Wildman–Crippen MR) is 173 cm³/mol. The first-order valence-corrected chi connectivity index (χ1v) is 18.4. The van der Waals surface area contributed by atoms with Crippen LogP contribution in [0.1, 0.15) is 95.3 Å². The van der Waals surface area contributed by atoms with Gasteiger partial charge in [-0.15, -0.1) is 0 Å². The van der Waals surface area contributed by atoms with Crippen LogP contribution in [0.15, 0.2) is 29.2 Å². The lowest BCUT2D eigenvalue weighted by Crippen LogP contribution is -2.37. The number of rotatable bonds is 21. The van der Waals surface area contributed by atoms with Crippen molar-refractivity contribution >= 4 is 55.0 Å². The Morgan fingerprint density at radius 1 is 0.911 bits per heavy atom. The number of carbonyl (C=O) groups excluding carboxylic acids is 3. The number of nitrogens with one attached hydrogen (secondary N) is 5. The molecule has 0 saturated carbocycles. The molecule has 14 nitrogen and oxygen atoms in total. The number of sulfonamides is 1. The Labute approximate surface area is 265 Å². The molecule has 1 heterocycles. The molecule has 1 aromatic heterocycles. The molecule has 0 radical (unpaired) electrons. The molecule has 252 valence electrons. The molecular weight excluding hydrogens is 624 g/mol. The van der Waals surface area contributed by atoms with Crippen LogP contribution in [0.5, 0.6) is 0 Å². The van der Waals surface area contributed by atoms with Crippen LogP contribution in [0.3, 0.4) is 0 Å². The number of hydrazine groups is 1. The van der Waals surface area contributed by atoms with E-state index in [-0.39, 0.29) is 33.7 Å². The number of aromatic amines is 1. The predicted octanol–water partition coefficient (Wildman–Crippen LogP) is 4.37. The van der Waals surface area contributed by atoms with E-state index in [0.717, 1.165) is 32.8 Å². The van der Waals surface area contributed by atoms with Crippen LogP contribution < -0.4 is 20.9 Å².